The molecule has 1 aliphatic rings. The van der Waals surface area contributed by atoms with Crippen LogP contribution in [-0.4, -0.2) is 18.5 Å². The maximum Gasteiger partial charge on any atom is 0.0914 e. The fourth-order valence-electron chi connectivity index (χ4n) is 0.889. The molecule has 2 nitrogen and oxygen atoms in total. The molecule has 0 fully saturated rings. The Balaban J connectivity index is 2.63. The summed E-state index contributed by atoms with van der Waals surface area (Å²) in [7, 11) is 2.03. The molecular weight excluding hydrogens is 124 g/mol. The molecule has 0 amide bonds. The number of hydrogen-bond acceptors (Lipinski definition) is 2. The predicted molar refractivity (Wildman–Crippen MR) is 40.1 cm³/mol. The Kier molecular flexibility index (Phi) is 2.11. The third-order valence-electron chi connectivity index (χ3n) is 1.55. The van der Waals surface area contributed by atoms with Crippen molar-refractivity contribution in [2.24, 2.45) is 0 Å². The van der Waals surface area contributed by atoms with Gasteiger partial charge in [0, 0.05) is 19.7 Å². The molecule has 0 unspecified atom stereocenters. The first-order valence-corrected chi connectivity index (χ1v) is 3.30. The highest BCUT2D eigenvalue weighted by Crippen LogP contribution is 2.09. The maximum atomic E-state index is 8.31. The van der Waals surface area contributed by atoms with Crippen molar-refractivity contribution in [3.8, 4) is 6.07 Å². The van der Waals surface area contributed by atoms with Crippen LogP contribution in [0, 0.1) is 11.3 Å². The van der Waals surface area contributed by atoms with Crippen molar-refractivity contribution >= 4 is 0 Å². The molecule has 0 aliphatic carbocycles. The fourth-order valence-corrected chi connectivity index (χ4v) is 0.889. The summed E-state index contributed by atoms with van der Waals surface area (Å²) in [5, 5.41) is 8.31. The molecule has 52 valence electrons. The number of allylic oxidation sites excluding steroid dienone is 2. The van der Waals surface area contributed by atoms with E-state index in [-0.39, 0.29) is 0 Å². The van der Waals surface area contributed by atoms with Crippen LogP contribution < -0.4 is 0 Å². The molecule has 0 aromatic rings. The second-order valence-corrected chi connectivity index (χ2v) is 2.39. The topological polar surface area (TPSA) is 27.0 Å². The minimum Gasteiger partial charge on any atom is -0.380 e. The molecule has 0 N–H and O–H groups in total. The molecule has 1 heterocycles. The normalized spacial score (nSPS) is 21.2. The molecule has 0 aromatic carbocycles. The number of nitrogens with zero attached hydrogens (tertiary/aromatic N) is 2. The zero-order chi connectivity index (χ0) is 7.40. The molecule has 1 aliphatic heterocycles. The van der Waals surface area contributed by atoms with Gasteiger partial charge in [-0.15, -0.1) is 0 Å². The van der Waals surface area contributed by atoms with Gasteiger partial charge in [0.25, 0.3) is 0 Å². The van der Waals surface area contributed by atoms with Gasteiger partial charge >= 0.3 is 0 Å². The Morgan fingerprint density at radius 3 is 3.10 bits per heavy atom. The summed E-state index contributed by atoms with van der Waals surface area (Å²) in [4.78, 5) is 2.11. The van der Waals surface area contributed by atoms with Crippen molar-refractivity contribution in [2.75, 3.05) is 13.6 Å². The highest BCUT2D eigenvalue weighted by Gasteiger charge is 2.00. The molecular formula is C8H10N2. The molecule has 0 radical (unpaired) electrons. The lowest BCUT2D eigenvalue weighted by Gasteiger charge is -2.18. The Labute approximate surface area is 61.1 Å². The molecule has 0 saturated carbocycles. The molecule has 1 rings (SSSR count). The Morgan fingerprint density at radius 1 is 1.80 bits per heavy atom. The van der Waals surface area contributed by atoms with Crippen molar-refractivity contribution in [3.63, 3.8) is 0 Å². The molecule has 10 heavy (non-hydrogen) atoms. The minimum atomic E-state index is 0.987. The van der Waals surface area contributed by atoms with Crippen LogP contribution >= 0.6 is 0 Å². The number of rotatable bonds is 0. The predicted octanol–water partition coefficient (Wildman–Crippen LogP) is 1.29. The molecule has 0 saturated heterocycles. The van der Waals surface area contributed by atoms with E-state index >= 15 is 0 Å². The van der Waals surface area contributed by atoms with Gasteiger partial charge in [-0.1, -0.05) is 0 Å². The quantitative estimate of drug-likeness (QED) is 0.467. The third-order valence-corrected chi connectivity index (χ3v) is 1.55. The van der Waals surface area contributed by atoms with Crippen molar-refractivity contribution in [1.82, 2.24) is 4.90 Å². The fraction of sp³-hybridized carbons (Fsp3) is 0.375. The van der Waals surface area contributed by atoms with Gasteiger partial charge < -0.3 is 4.90 Å². The lowest BCUT2D eigenvalue weighted by atomic mass is 10.1. The SMILES string of the molecule is CN1C=CC(=CC#N)CC1. The second-order valence-electron chi connectivity index (χ2n) is 2.39. The molecule has 0 aromatic heterocycles. The maximum absolute atomic E-state index is 8.31. The van der Waals surface area contributed by atoms with Crippen LogP contribution in [0.3, 0.4) is 0 Å². The van der Waals surface area contributed by atoms with Crippen molar-refractivity contribution in [1.29, 1.82) is 5.26 Å². The van der Waals surface area contributed by atoms with E-state index in [9.17, 15) is 0 Å². The Hall–Kier alpha value is -1.23. The van der Waals surface area contributed by atoms with Crippen LogP contribution in [0.25, 0.3) is 0 Å². The first-order chi connectivity index (χ1) is 4.83. The van der Waals surface area contributed by atoms with Crippen molar-refractivity contribution in [2.45, 2.75) is 6.42 Å². The van der Waals surface area contributed by atoms with Gasteiger partial charge in [0.1, 0.15) is 0 Å². The number of hydrogen-bond donors (Lipinski definition) is 0. The zero-order valence-corrected chi connectivity index (χ0v) is 6.04. The average molecular weight is 134 g/mol. The van der Waals surface area contributed by atoms with Crippen LogP contribution in [0.1, 0.15) is 6.42 Å². The van der Waals surface area contributed by atoms with E-state index < -0.39 is 0 Å². The lowest BCUT2D eigenvalue weighted by Crippen LogP contribution is -2.15. The minimum absolute atomic E-state index is 0.987. The first-order valence-electron chi connectivity index (χ1n) is 3.30. The summed E-state index contributed by atoms with van der Waals surface area (Å²) < 4.78 is 0. The van der Waals surface area contributed by atoms with Gasteiger partial charge in [0.2, 0.25) is 0 Å². The molecule has 0 bridgehead atoms. The summed E-state index contributed by atoms with van der Waals surface area (Å²) in [6.07, 6.45) is 6.56. The van der Waals surface area contributed by atoms with Crippen molar-refractivity contribution in [3.05, 3.63) is 23.9 Å². The van der Waals surface area contributed by atoms with Crippen LogP contribution in [0.4, 0.5) is 0 Å². The summed E-state index contributed by atoms with van der Waals surface area (Å²) in [6, 6.07) is 2.02. The van der Waals surface area contributed by atoms with Gasteiger partial charge in [-0.3, -0.25) is 0 Å². The van der Waals surface area contributed by atoms with E-state index in [1.54, 1.807) is 6.08 Å². The van der Waals surface area contributed by atoms with Crippen LogP contribution in [0.2, 0.25) is 0 Å². The first kappa shape index (κ1) is 6.88. The lowest BCUT2D eigenvalue weighted by molar-refractivity contribution is 0.449. The van der Waals surface area contributed by atoms with Crippen LogP contribution in [0.5, 0.6) is 0 Å². The average Bonchev–Trinajstić information content (AvgIpc) is 1.95. The highest BCUT2D eigenvalue weighted by atomic mass is 15.1. The summed E-state index contributed by atoms with van der Waals surface area (Å²) in [6.45, 7) is 1.02. The van der Waals surface area contributed by atoms with E-state index in [0.717, 1.165) is 18.5 Å². The van der Waals surface area contributed by atoms with E-state index in [1.807, 2.05) is 25.4 Å². The van der Waals surface area contributed by atoms with E-state index in [1.165, 1.54) is 0 Å². The van der Waals surface area contributed by atoms with Gasteiger partial charge in [0.15, 0.2) is 0 Å². The molecule has 0 spiro atoms. The van der Waals surface area contributed by atoms with E-state index in [0.29, 0.717) is 0 Å². The van der Waals surface area contributed by atoms with Gasteiger partial charge in [-0.2, -0.15) is 5.26 Å². The van der Waals surface area contributed by atoms with Gasteiger partial charge in [-0.05, 0) is 24.3 Å². The number of nitriles is 1. The van der Waals surface area contributed by atoms with Gasteiger partial charge in [-0.25, -0.2) is 0 Å². The monoisotopic (exact) mass is 134 g/mol. The van der Waals surface area contributed by atoms with Crippen LogP contribution in [0.15, 0.2) is 23.9 Å². The highest BCUT2D eigenvalue weighted by molar-refractivity contribution is 5.26. The summed E-state index contributed by atoms with van der Waals surface area (Å²) in [5.41, 5.74) is 1.13. The smallest absolute Gasteiger partial charge is 0.0914 e. The third kappa shape index (κ3) is 1.63. The van der Waals surface area contributed by atoms with E-state index in [4.69, 9.17) is 5.26 Å². The summed E-state index contributed by atoms with van der Waals surface area (Å²) >= 11 is 0. The summed E-state index contributed by atoms with van der Waals surface area (Å²) in [5.74, 6) is 0. The Bertz CT molecular complexity index is 208. The van der Waals surface area contributed by atoms with Crippen molar-refractivity contribution < 1.29 is 0 Å². The van der Waals surface area contributed by atoms with E-state index in [2.05, 4.69) is 4.90 Å². The Morgan fingerprint density at radius 2 is 2.60 bits per heavy atom. The van der Waals surface area contributed by atoms with Crippen LogP contribution in [-0.2, 0) is 0 Å². The zero-order valence-electron chi connectivity index (χ0n) is 6.04. The molecule has 0 atom stereocenters. The largest absolute Gasteiger partial charge is 0.380 e. The van der Waals surface area contributed by atoms with Gasteiger partial charge in [0.05, 0.1) is 6.07 Å². The standard InChI is InChI=1S/C8H10N2/c1-10-6-3-8(2-5-9)4-7-10/h2-3,6H,4,7H2,1H3. The molecule has 2 heteroatoms. The second kappa shape index (κ2) is 3.07.